The molecule has 4 N–H and O–H groups in total. The fraction of sp³-hybridized carbons (Fsp3) is 0. The van der Waals surface area contributed by atoms with Crippen LogP contribution in [0.3, 0.4) is 0 Å². The molecule has 100 valence electrons. The van der Waals surface area contributed by atoms with Crippen LogP contribution >= 0.6 is 15.9 Å². The lowest BCUT2D eigenvalue weighted by Crippen LogP contribution is -2.10. The van der Waals surface area contributed by atoms with Gasteiger partial charge in [0.25, 0.3) is 5.91 Å². The molecule has 0 atom stereocenters. The predicted molar refractivity (Wildman–Crippen MR) is 77.3 cm³/mol. The molecule has 0 aliphatic heterocycles. The second-order valence-electron chi connectivity index (χ2n) is 4.07. The summed E-state index contributed by atoms with van der Waals surface area (Å²) < 4.78 is 2.36. The van der Waals surface area contributed by atoms with Gasteiger partial charge >= 0.3 is 0 Å². The summed E-state index contributed by atoms with van der Waals surface area (Å²) in [4.78, 5) is 23.6. The van der Waals surface area contributed by atoms with E-state index in [1.165, 1.54) is 0 Å². The molecule has 3 aromatic rings. The number of fused-ring (bicyclic) bond motifs is 1. The maximum absolute atomic E-state index is 11.5. The Morgan fingerprint density at radius 2 is 2.15 bits per heavy atom. The van der Waals surface area contributed by atoms with Gasteiger partial charge in [-0.05, 0) is 28.1 Å². The second-order valence-corrected chi connectivity index (χ2v) is 4.89. The number of nitrogens with two attached hydrogens (primary N) is 2. The average molecular weight is 333 g/mol. The van der Waals surface area contributed by atoms with Gasteiger partial charge in [0.05, 0.1) is 11.1 Å². The summed E-state index contributed by atoms with van der Waals surface area (Å²) >= 11 is 3.30. The molecule has 0 bridgehead atoms. The minimum absolute atomic E-state index is 0.151. The number of rotatable bonds is 2. The topological polar surface area (TPSA) is 113 Å². The maximum atomic E-state index is 11.5. The molecule has 0 aliphatic carbocycles. The molecule has 0 aromatic carbocycles. The molecule has 0 spiro atoms. The van der Waals surface area contributed by atoms with Crippen molar-refractivity contribution >= 4 is 38.7 Å². The van der Waals surface area contributed by atoms with Crippen LogP contribution in [-0.4, -0.2) is 25.4 Å². The van der Waals surface area contributed by atoms with Gasteiger partial charge in [-0.2, -0.15) is 4.98 Å². The van der Waals surface area contributed by atoms with E-state index in [1.54, 1.807) is 35.3 Å². The van der Waals surface area contributed by atoms with Crippen LogP contribution in [0.5, 0.6) is 0 Å². The molecule has 3 rings (SSSR count). The Bertz CT molecular complexity index is 828. The quantitative estimate of drug-likeness (QED) is 0.686. The van der Waals surface area contributed by atoms with Gasteiger partial charge in [0.1, 0.15) is 10.4 Å². The molecular weight excluding hydrogens is 324 g/mol. The van der Waals surface area contributed by atoms with Crippen LogP contribution in [-0.2, 0) is 0 Å². The van der Waals surface area contributed by atoms with Crippen molar-refractivity contribution in [1.82, 2.24) is 19.5 Å². The number of carbonyl (C=O) groups is 1. The zero-order chi connectivity index (χ0) is 14.3. The Morgan fingerprint density at radius 3 is 2.85 bits per heavy atom. The van der Waals surface area contributed by atoms with E-state index < -0.39 is 5.91 Å². The van der Waals surface area contributed by atoms with Crippen molar-refractivity contribution in [2.24, 2.45) is 5.73 Å². The van der Waals surface area contributed by atoms with Gasteiger partial charge in [-0.1, -0.05) is 0 Å². The maximum Gasteiger partial charge on any atom is 0.250 e. The van der Waals surface area contributed by atoms with Gasteiger partial charge in [0.15, 0.2) is 0 Å². The van der Waals surface area contributed by atoms with Crippen LogP contribution < -0.4 is 11.5 Å². The minimum Gasteiger partial charge on any atom is -0.368 e. The van der Waals surface area contributed by atoms with Gasteiger partial charge in [0, 0.05) is 24.0 Å². The van der Waals surface area contributed by atoms with Crippen molar-refractivity contribution in [1.29, 1.82) is 0 Å². The third kappa shape index (κ3) is 1.99. The smallest absolute Gasteiger partial charge is 0.250 e. The first kappa shape index (κ1) is 12.5. The van der Waals surface area contributed by atoms with Crippen LogP contribution in [0.4, 0.5) is 5.95 Å². The first-order valence-electron chi connectivity index (χ1n) is 5.61. The number of nitrogens with zero attached hydrogens (tertiary/aromatic N) is 4. The van der Waals surface area contributed by atoms with Crippen LogP contribution in [0, 0.1) is 0 Å². The lowest BCUT2D eigenvalue weighted by Gasteiger charge is -2.04. The summed E-state index contributed by atoms with van der Waals surface area (Å²) in [6, 6.07) is 3.47. The molecule has 3 aromatic heterocycles. The molecule has 0 saturated heterocycles. The van der Waals surface area contributed by atoms with Gasteiger partial charge in [0.2, 0.25) is 5.95 Å². The molecule has 3 heterocycles. The fourth-order valence-electron chi connectivity index (χ4n) is 1.98. The highest BCUT2D eigenvalue weighted by Crippen LogP contribution is 2.25. The van der Waals surface area contributed by atoms with E-state index in [0.29, 0.717) is 21.4 Å². The summed E-state index contributed by atoms with van der Waals surface area (Å²) in [6.45, 7) is 0. The van der Waals surface area contributed by atoms with E-state index in [9.17, 15) is 4.79 Å². The van der Waals surface area contributed by atoms with Crippen molar-refractivity contribution < 1.29 is 4.79 Å². The van der Waals surface area contributed by atoms with Crippen molar-refractivity contribution in [3.05, 3.63) is 40.9 Å². The van der Waals surface area contributed by atoms with E-state index >= 15 is 0 Å². The van der Waals surface area contributed by atoms with Crippen molar-refractivity contribution in [2.45, 2.75) is 0 Å². The molecule has 7 nitrogen and oxygen atoms in total. The SMILES string of the molecule is NC(=O)c1cn(-c2ccnc(N)n2)c2cc(Br)ncc12. The number of anilines is 1. The normalized spacial score (nSPS) is 10.8. The van der Waals surface area contributed by atoms with Crippen LogP contribution in [0.25, 0.3) is 16.7 Å². The number of nitrogen functional groups attached to an aromatic ring is 1. The number of aromatic nitrogens is 4. The zero-order valence-electron chi connectivity index (χ0n) is 10.1. The molecule has 0 saturated carbocycles. The summed E-state index contributed by atoms with van der Waals surface area (Å²) in [6.07, 6.45) is 4.74. The van der Waals surface area contributed by atoms with E-state index in [1.807, 2.05) is 0 Å². The molecule has 0 fully saturated rings. The fourth-order valence-corrected chi connectivity index (χ4v) is 2.30. The summed E-state index contributed by atoms with van der Waals surface area (Å²) in [5, 5.41) is 0.651. The highest BCUT2D eigenvalue weighted by atomic mass is 79.9. The lowest BCUT2D eigenvalue weighted by molar-refractivity contribution is 0.100. The standard InChI is InChI=1S/C12H9BrN6O/c13-9-3-8-6(4-17-9)7(11(14)20)5-19(8)10-1-2-16-12(15)18-10/h1-5H,(H2,14,20)(H2,15,16,18). The summed E-state index contributed by atoms with van der Waals surface area (Å²) in [5.41, 5.74) is 12.1. The third-order valence-corrected chi connectivity index (χ3v) is 3.26. The zero-order valence-corrected chi connectivity index (χ0v) is 11.7. The molecule has 0 radical (unpaired) electrons. The number of hydrogen-bond acceptors (Lipinski definition) is 5. The lowest BCUT2D eigenvalue weighted by atomic mass is 10.2. The molecular formula is C12H9BrN6O. The number of hydrogen-bond donors (Lipinski definition) is 2. The highest BCUT2D eigenvalue weighted by molar-refractivity contribution is 9.10. The van der Waals surface area contributed by atoms with Crippen LogP contribution in [0.1, 0.15) is 10.4 Å². The van der Waals surface area contributed by atoms with Gasteiger partial charge < -0.3 is 16.0 Å². The highest BCUT2D eigenvalue weighted by Gasteiger charge is 2.15. The minimum atomic E-state index is -0.528. The Labute approximate surface area is 121 Å². The first-order valence-corrected chi connectivity index (χ1v) is 6.41. The number of halogens is 1. The molecule has 0 aliphatic rings. The second kappa shape index (κ2) is 4.57. The molecule has 8 heteroatoms. The Hall–Kier alpha value is -2.48. The van der Waals surface area contributed by atoms with Gasteiger partial charge in [-0.15, -0.1) is 0 Å². The Balaban J connectivity index is 2.35. The summed E-state index contributed by atoms with van der Waals surface area (Å²) in [7, 11) is 0. The van der Waals surface area contributed by atoms with Crippen molar-refractivity contribution in [2.75, 3.05) is 5.73 Å². The number of pyridine rings is 1. The predicted octanol–water partition coefficient (Wildman–Crippen LogP) is 1.26. The van der Waals surface area contributed by atoms with Crippen LogP contribution in [0.2, 0.25) is 0 Å². The Kier molecular flexibility index (Phi) is 2.87. The molecule has 0 unspecified atom stereocenters. The first-order chi connectivity index (χ1) is 9.56. The number of primary amides is 1. The third-order valence-electron chi connectivity index (χ3n) is 2.83. The van der Waals surface area contributed by atoms with E-state index in [0.717, 1.165) is 5.52 Å². The van der Waals surface area contributed by atoms with Crippen LogP contribution in [0.15, 0.2) is 35.3 Å². The Morgan fingerprint density at radius 1 is 1.35 bits per heavy atom. The monoisotopic (exact) mass is 332 g/mol. The van der Waals surface area contributed by atoms with Gasteiger partial charge in [-0.3, -0.25) is 4.79 Å². The van der Waals surface area contributed by atoms with E-state index in [2.05, 4.69) is 30.9 Å². The van der Waals surface area contributed by atoms with Crippen molar-refractivity contribution in [3.8, 4) is 5.82 Å². The number of carbonyl (C=O) groups excluding carboxylic acids is 1. The molecule has 1 amide bonds. The largest absolute Gasteiger partial charge is 0.368 e. The van der Waals surface area contributed by atoms with E-state index in [4.69, 9.17) is 11.5 Å². The number of amides is 1. The van der Waals surface area contributed by atoms with Crippen molar-refractivity contribution in [3.63, 3.8) is 0 Å². The van der Waals surface area contributed by atoms with Gasteiger partial charge in [-0.25, -0.2) is 9.97 Å². The average Bonchev–Trinajstić information content (AvgIpc) is 2.77. The molecule has 20 heavy (non-hydrogen) atoms. The van der Waals surface area contributed by atoms with E-state index in [-0.39, 0.29) is 5.95 Å². The summed E-state index contributed by atoms with van der Waals surface area (Å²) in [5.74, 6) is 0.172.